The summed E-state index contributed by atoms with van der Waals surface area (Å²) in [5, 5.41) is 0.292. The van der Waals surface area contributed by atoms with E-state index in [2.05, 4.69) is 14.7 Å². The monoisotopic (exact) mass is 300 g/mol. The number of hydrogen-bond acceptors (Lipinski definition) is 4. The molecule has 0 amide bonds. The number of rotatable bonds is 5. The quantitative estimate of drug-likeness (QED) is 0.788. The Morgan fingerprint density at radius 2 is 2.05 bits per heavy atom. The molecule has 7 heteroatoms. The van der Waals surface area contributed by atoms with Crippen LogP contribution >= 0.6 is 11.6 Å². The van der Waals surface area contributed by atoms with Crippen molar-refractivity contribution in [1.29, 1.82) is 0 Å². The molecule has 106 valence electrons. The predicted octanol–water partition coefficient (Wildman–Crippen LogP) is 3.80. The van der Waals surface area contributed by atoms with Crippen LogP contribution in [0.3, 0.4) is 0 Å². The van der Waals surface area contributed by atoms with Crippen LogP contribution in [0.2, 0.25) is 5.15 Å². The van der Waals surface area contributed by atoms with E-state index in [1.165, 1.54) is 18.3 Å². The van der Waals surface area contributed by atoms with Crippen LogP contribution in [-0.4, -0.2) is 23.2 Å². The number of ether oxygens (including phenoxy) is 2. The van der Waals surface area contributed by atoms with Crippen LogP contribution < -0.4 is 9.47 Å². The minimum Gasteiger partial charge on any atom is -0.490 e. The van der Waals surface area contributed by atoms with Gasteiger partial charge in [-0.3, -0.25) is 0 Å². The van der Waals surface area contributed by atoms with Crippen molar-refractivity contribution < 1.29 is 18.3 Å². The molecule has 1 aromatic heterocycles. The SMILES string of the molecule is CCOc1cc(-c2nccc(Cl)n2)ccc1OC(F)F. The number of hydrogen-bond donors (Lipinski definition) is 0. The van der Waals surface area contributed by atoms with Crippen LogP contribution in [0.25, 0.3) is 11.4 Å². The summed E-state index contributed by atoms with van der Waals surface area (Å²) in [6.45, 7) is -0.851. The van der Waals surface area contributed by atoms with E-state index in [4.69, 9.17) is 16.3 Å². The Balaban J connectivity index is 2.38. The maximum Gasteiger partial charge on any atom is 0.387 e. The molecule has 0 aliphatic heterocycles. The van der Waals surface area contributed by atoms with Crippen molar-refractivity contribution in [2.24, 2.45) is 0 Å². The molecule has 2 rings (SSSR count). The minimum absolute atomic E-state index is 0.0346. The molecule has 0 fully saturated rings. The van der Waals surface area contributed by atoms with Crippen LogP contribution in [-0.2, 0) is 0 Å². The molecule has 20 heavy (non-hydrogen) atoms. The number of nitrogens with zero attached hydrogens (tertiary/aromatic N) is 2. The number of alkyl halides is 2. The fraction of sp³-hybridized carbons (Fsp3) is 0.231. The normalized spacial score (nSPS) is 10.7. The second-order valence-corrected chi connectivity index (χ2v) is 4.06. The van der Waals surface area contributed by atoms with Crippen LogP contribution in [0, 0.1) is 0 Å². The lowest BCUT2D eigenvalue weighted by molar-refractivity contribution is -0.0514. The highest BCUT2D eigenvalue weighted by atomic mass is 35.5. The van der Waals surface area contributed by atoms with Crippen molar-refractivity contribution in [1.82, 2.24) is 9.97 Å². The second-order valence-electron chi connectivity index (χ2n) is 3.68. The molecule has 0 N–H and O–H groups in total. The lowest BCUT2D eigenvalue weighted by atomic mass is 10.2. The maximum absolute atomic E-state index is 12.3. The van der Waals surface area contributed by atoms with Crippen molar-refractivity contribution >= 4 is 11.6 Å². The van der Waals surface area contributed by atoms with Gasteiger partial charge in [0.1, 0.15) is 5.15 Å². The van der Waals surface area contributed by atoms with Gasteiger partial charge in [0.2, 0.25) is 0 Å². The summed E-state index contributed by atoms with van der Waals surface area (Å²) >= 11 is 5.79. The van der Waals surface area contributed by atoms with Gasteiger partial charge in [0.05, 0.1) is 6.61 Å². The van der Waals surface area contributed by atoms with Crippen molar-refractivity contribution in [3.63, 3.8) is 0 Å². The van der Waals surface area contributed by atoms with E-state index in [0.29, 0.717) is 23.1 Å². The molecule has 0 radical (unpaired) electrons. The lowest BCUT2D eigenvalue weighted by Gasteiger charge is -2.12. The van der Waals surface area contributed by atoms with Gasteiger partial charge >= 0.3 is 6.61 Å². The zero-order chi connectivity index (χ0) is 14.5. The largest absolute Gasteiger partial charge is 0.490 e. The first-order valence-electron chi connectivity index (χ1n) is 5.80. The summed E-state index contributed by atoms with van der Waals surface area (Å²) in [6.07, 6.45) is 1.51. The number of benzene rings is 1. The molecule has 1 heterocycles. The van der Waals surface area contributed by atoms with E-state index in [1.54, 1.807) is 19.1 Å². The predicted molar refractivity (Wildman–Crippen MR) is 70.3 cm³/mol. The molecule has 1 aromatic carbocycles. The number of halogens is 3. The third-order valence-corrected chi connectivity index (χ3v) is 2.55. The minimum atomic E-state index is -2.91. The Bertz CT molecular complexity index is 596. The highest BCUT2D eigenvalue weighted by Crippen LogP contribution is 2.32. The maximum atomic E-state index is 12.3. The van der Waals surface area contributed by atoms with E-state index in [0.717, 1.165) is 0 Å². The fourth-order valence-corrected chi connectivity index (χ4v) is 1.72. The molecule has 0 saturated carbocycles. The van der Waals surface area contributed by atoms with Crippen LogP contribution in [0.15, 0.2) is 30.5 Å². The van der Waals surface area contributed by atoms with Gasteiger partial charge in [-0.2, -0.15) is 8.78 Å². The van der Waals surface area contributed by atoms with E-state index in [1.807, 2.05) is 0 Å². The first-order chi connectivity index (χ1) is 9.60. The summed E-state index contributed by atoms with van der Waals surface area (Å²) in [6, 6.07) is 6.03. The zero-order valence-corrected chi connectivity index (χ0v) is 11.3. The summed E-state index contributed by atoms with van der Waals surface area (Å²) in [5.41, 5.74) is 0.595. The smallest absolute Gasteiger partial charge is 0.387 e. The first kappa shape index (κ1) is 14.5. The van der Waals surface area contributed by atoms with Crippen LogP contribution in [0.5, 0.6) is 11.5 Å². The Kier molecular flexibility index (Phi) is 4.68. The number of aromatic nitrogens is 2. The topological polar surface area (TPSA) is 44.2 Å². The van der Waals surface area contributed by atoms with Gasteiger partial charge in [-0.25, -0.2) is 9.97 Å². The molecular formula is C13H11ClF2N2O2. The first-order valence-corrected chi connectivity index (χ1v) is 6.18. The van der Waals surface area contributed by atoms with Gasteiger partial charge < -0.3 is 9.47 Å². The highest BCUT2D eigenvalue weighted by Gasteiger charge is 2.13. The third kappa shape index (κ3) is 3.54. The Labute approximate surface area is 119 Å². The molecule has 2 aromatic rings. The Hall–Kier alpha value is -1.95. The van der Waals surface area contributed by atoms with Crippen LogP contribution in [0.1, 0.15) is 6.92 Å². The molecule has 0 spiro atoms. The fourth-order valence-electron chi connectivity index (χ4n) is 1.58. The van der Waals surface area contributed by atoms with Gasteiger partial charge in [-0.05, 0) is 31.2 Å². The second kappa shape index (κ2) is 6.47. The molecule has 0 unspecified atom stereocenters. The third-order valence-electron chi connectivity index (χ3n) is 2.34. The van der Waals surface area contributed by atoms with Crippen molar-refractivity contribution in [2.75, 3.05) is 6.61 Å². The van der Waals surface area contributed by atoms with Crippen LogP contribution in [0.4, 0.5) is 8.78 Å². The van der Waals surface area contributed by atoms with E-state index in [9.17, 15) is 8.78 Å². The van der Waals surface area contributed by atoms with Gasteiger partial charge in [-0.15, -0.1) is 0 Å². The van der Waals surface area contributed by atoms with Crippen molar-refractivity contribution in [2.45, 2.75) is 13.5 Å². The molecule has 0 aliphatic carbocycles. The van der Waals surface area contributed by atoms with Gasteiger partial charge in [-0.1, -0.05) is 11.6 Å². The average Bonchev–Trinajstić information content (AvgIpc) is 2.40. The van der Waals surface area contributed by atoms with E-state index in [-0.39, 0.29) is 11.5 Å². The Morgan fingerprint density at radius 1 is 1.25 bits per heavy atom. The van der Waals surface area contributed by atoms with E-state index < -0.39 is 6.61 Å². The summed E-state index contributed by atoms with van der Waals surface area (Å²) in [5.74, 6) is 0.545. The molecule has 0 atom stereocenters. The lowest BCUT2D eigenvalue weighted by Crippen LogP contribution is -2.04. The standard InChI is InChI=1S/C13H11ClF2N2O2/c1-2-19-10-7-8(3-4-9(10)20-13(15)16)12-17-6-5-11(14)18-12/h3-7,13H,2H2,1H3. The van der Waals surface area contributed by atoms with Crippen molar-refractivity contribution in [3.8, 4) is 22.9 Å². The van der Waals surface area contributed by atoms with Crippen molar-refractivity contribution in [3.05, 3.63) is 35.6 Å². The van der Waals surface area contributed by atoms with Gasteiger partial charge in [0.25, 0.3) is 0 Å². The molecule has 0 saturated heterocycles. The molecular weight excluding hydrogens is 290 g/mol. The van der Waals surface area contributed by atoms with Gasteiger partial charge in [0, 0.05) is 11.8 Å². The molecule has 0 bridgehead atoms. The summed E-state index contributed by atoms with van der Waals surface area (Å²) in [4.78, 5) is 8.11. The van der Waals surface area contributed by atoms with E-state index >= 15 is 0 Å². The average molecular weight is 301 g/mol. The Morgan fingerprint density at radius 3 is 2.70 bits per heavy atom. The summed E-state index contributed by atoms with van der Waals surface area (Å²) in [7, 11) is 0. The molecule has 4 nitrogen and oxygen atoms in total. The van der Waals surface area contributed by atoms with Gasteiger partial charge in [0.15, 0.2) is 17.3 Å². The summed E-state index contributed by atoms with van der Waals surface area (Å²) < 4.78 is 34.3. The highest BCUT2D eigenvalue weighted by molar-refractivity contribution is 6.29. The molecule has 0 aliphatic rings. The zero-order valence-electron chi connectivity index (χ0n) is 10.5.